The number of benzene rings is 1. The van der Waals surface area contributed by atoms with Gasteiger partial charge in [0.1, 0.15) is 5.75 Å². The van der Waals surface area contributed by atoms with Crippen molar-refractivity contribution in [2.45, 2.75) is 33.4 Å². The lowest BCUT2D eigenvalue weighted by molar-refractivity contribution is -0.0493. The van der Waals surface area contributed by atoms with Crippen molar-refractivity contribution in [2.24, 2.45) is 5.92 Å². The lowest BCUT2D eigenvalue weighted by atomic mass is 10.1. The van der Waals surface area contributed by atoms with Gasteiger partial charge in [-0.25, -0.2) is 0 Å². The number of hydrogen-bond donors (Lipinski definition) is 1. The van der Waals surface area contributed by atoms with Gasteiger partial charge in [0, 0.05) is 6.42 Å². The molecular formula is C14H17F2N3O2. The van der Waals surface area contributed by atoms with Crippen molar-refractivity contribution in [1.29, 1.82) is 0 Å². The molecule has 0 saturated heterocycles. The maximum absolute atomic E-state index is 12.3. The molecule has 0 fully saturated rings. The fraction of sp³-hybridized carbons (Fsp3) is 0.429. The Morgan fingerprint density at radius 2 is 2.05 bits per heavy atom. The van der Waals surface area contributed by atoms with Crippen LogP contribution in [-0.2, 0) is 13.0 Å². The van der Waals surface area contributed by atoms with Gasteiger partial charge >= 0.3 is 6.61 Å². The van der Waals surface area contributed by atoms with Crippen molar-refractivity contribution in [3.05, 3.63) is 36.0 Å². The lowest BCUT2D eigenvalue weighted by Crippen LogP contribution is -2.06. The molecule has 0 bridgehead atoms. The highest BCUT2D eigenvalue weighted by molar-refractivity contribution is 5.56. The van der Waals surface area contributed by atoms with Crippen molar-refractivity contribution in [3.63, 3.8) is 0 Å². The second-order valence-electron chi connectivity index (χ2n) is 4.93. The first-order valence-corrected chi connectivity index (χ1v) is 6.63. The third-order valence-corrected chi connectivity index (χ3v) is 2.63. The zero-order valence-corrected chi connectivity index (χ0v) is 11.8. The van der Waals surface area contributed by atoms with E-state index < -0.39 is 6.61 Å². The van der Waals surface area contributed by atoms with Gasteiger partial charge in [0.25, 0.3) is 0 Å². The number of rotatable bonds is 7. The number of alkyl halides is 2. The highest BCUT2D eigenvalue weighted by Gasteiger charge is 2.11. The number of halogens is 2. The van der Waals surface area contributed by atoms with E-state index in [0.717, 1.165) is 6.42 Å². The third kappa shape index (κ3) is 4.70. The smallest absolute Gasteiger partial charge is 0.387 e. The minimum Gasteiger partial charge on any atom is -0.433 e. The van der Waals surface area contributed by atoms with Gasteiger partial charge in [0.15, 0.2) is 5.82 Å². The van der Waals surface area contributed by atoms with Crippen LogP contribution in [0, 0.1) is 5.92 Å². The van der Waals surface area contributed by atoms with Crippen LogP contribution in [0.2, 0.25) is 0 Å². The van der Waals surface area contributed by atoms with Crippen LogP contribution in [-0.4, -0.2) is 16.8 Å². The molecule has 0 amide bonds. The summed E-state index contributed by atoms with van der Waals surface area (Å²) in [6.07, 6.45) is 0.731. The summed E-state index contributed by atoms with van der Waals surface area (Å²) in [7, 11) is 0. The van der Waals surface area contributed by atoms with Gasteiger partial charge in [-0.05, 0) is 18.1 Å². The minimum atomic E-state index is -2.87. The van der Waals surface area contributed by atoms with E-state index in [0.29, 0.717) is 23.3 Å². The molecule has 0 atom stereocenters. The molecule has 0 aliphatic carbocycles. The standard InChI is InChI=1S/C14H17F2N3O2/c1-9(2)7-12-18-13(21-19-12)8-17-10-5-3-4-6-11(10)20-14(15)16/h3-6,9,14,17H,7-8H2,1-2H3. The summed E-state index contributed by atoms with van der Waals surface area (Å²) >= 11 is 0. The van der Waals surface area contributed by atoms with Gasteiger partial charge in [-0.2, -0.15) is 13.8 Å². The maximum atomic E-state index is 12.3. The quantitative estimate of drug-likeness (QED) is 0.847. The number of para-hydroxylation sites is 2. The normalized spacial score (nSPS) is 11.1. The number of ether oxygens (including phenoxy) is 1. The molecule has 1 heterocycles. The molecule has 1 N–H and O–H groups in total. The Labute approximate surface area is 121 Å². The van der Waals surface area contributed by atoms with Crippen molar-refractivity contribution in [1.82, 2.24) is 10.1 Å². The van der Waals surface area contributed by atoms with Crippen molar-refractivity contribution in [3.8, 4) is 5.75 Å². The molecule has 7 heteroatoms. The summed E-state index contributed by atoms with van der Waals surface area (Å²) in [5.41, 5.74) is 0.446. The van der Waals surface area contributed by atoms with Crippen LogP contribution in [0.1, 0.15) is 25.6 Å². The monoisotopic (exact) mass is 297 g/mol. The number of anilines is 1. The molecule has 114 valence electrons. The fourth-order valence-corrected chi connectivity index (χ4v) is 1.79. The molecule has 0 aliphatic rings. The first-order valence-electron chi connectivity index (χ1n) is 6.63. The highest BCUT2D eigenvalue weighted by Crippen LogP contribution is 2.25. The molecule has 0 radical (unpaired) electrons. The fourth-order valence-electron chi connectivity index (χ4n) is 1.79. The first kappa shape index (κ1) is 15.2. The molecule has 1 aromatic carbocycles. The number of hydrogen-bond acceptors (Lipinski definition) is 5. The Morgan fingerprint density at radius 1 is 1.29 bits per heavy atom. The maximum Gasteiger partial charge on any atom is 0.387 e. The van der Waals surface area contributed by atoms with Crippen LogP contribution in [0.25, 0.3) is 0 Å². The SMILES string of the molecule is CC(C)Cc1noc(CNc2ccccc2OC(F)F)n1. The summed E-state index contributed by atoms with van der Waals surface area (Å²) in [6.45, 7) is 1.50. The van der Waals surface area contributed by atoms with Crippen molar-refractivity contribution in [2.75, 3.05) is 5.32 Å². The van der Waals surface area contributed by atoms with E-state index in [2.05, 4.69) is 34.0 Å². The molecule has 0 aliphatic heterocycles. The van der Waals surface area contributed by atoms with E-state index >= 15 is 0 Å². The van der Waals surface area contributed by atoms with Gasteiger partial charge in [-0.3, -0.25) is 0 Å². The van der Waals surface area contributed by atoms with Crippen LogP contribution in [0.15, 0.2) is 28.8 Å². The summed E-state index contributed by atoms with van der Waals surface area (Å²) in [6, 6.07) is 6.45. The van der Waals surface area contributed by atoms with Crippen LogP contribution in [0.3, 0.4) is 0 Å². The third-order valence-electron chi connectivity index (χ3n) is 2.63. The van der Waals surface area contributed by atoms with Gasteiger partial charge in [-0.1, -0.05) is 31.1 Å². The van der Waals surface area contributed by atoms with Crippen LogP contribution >= 0.6 is 0 Å². The van der Waals surface area contributed by atoms with Crippen LogP contribution in [0.4, 0.5) is 14.5 Å². The molecule has 1 aromatic heterocycles. The summed E-state index contributed by atoms with van der Waals surface area (Å²) in [4.78, 5) is 4.23. The minimum absolute atomic E-state index is 0.0782. The first-order chi connectivity index (χ1) is 10.0. The summed E-state index contributed by atoms with van der Waals surface area (Å²) in [5.74, 6) is 1.55. The van der Waals surface area contributed by atoms with E-state index in [1.54, 1.807) is 18.2 Å². The van der Waals surface area contributed by atoms with E-state index in [9.17, 15) is 8.78 Å². The predicted octanol–water partition coefficient (Wildman–Crippen LogP) is 3.48. The molecule has 2 rings (SSSR count). The largest absolute Gasteiger partial charge is 0.433 e. The summed E-state index contributed by atoms with van der Waals surface area (Å²) in [5, 5.41) is 6.81. The van der Waals surface area contributed by atoms with E-state index in [1.807, 2.05) is 0 Å². The van der Waals surface area contributed by atoms with Crippen LogP contribution < -0.4 is 10.1 Å². The number of nitrogens with one attached hydrogen (secondary N) is 1. The Kier molecular flexibility index (Phi) is 5.08. The Bertz CT molecular complexity index is 573. The van der Waals surface area contributed by atoms with E-state index in [1.165, 1.54) is 6.07 Å². The second-order valence-corrected chi connectivity index (χ2v) is 4.93. The second kappa shape index (κ2) is 7.01. The van der Waals surface area contributed by atoms with Crippen molar-refractivity contribution >= 4 is 5.69 Å². The van der Waals surface area contributed by atoms with Crippen molar-refractivity contribution < 1.29 is 18.0 Å². The Balaban J connectivity index is 1.98. The van der Waals surface area contributed by atoms with Gasteiger partial charge in [-0.15, -0.1) is 0 Å². The average Bonchev–Trinajstić information content (AvgIpc) is 2.84. The zero-order chi connectivity index (χ0) is 15.2. The number of nitrogens with zero attached hydrogens (tertiary/aromatic N) is 2. The number of aromatic nitrogens is 2. The van der Waals surface area contributed by atoms with E-state index in [4.69, 9.17) is 4.52 Å². The van der Waals surface area contributed by atoms with Gasteiger partial charge in [0.05, 0.1) is 12.2 Å². The molecule has 0 spiro atoms. The summed E-state index contributed by atoms with van der Waals surface area (Å²) < 4.78 is 34.1. The lowest BCUT2D eigenvalue weighted by Gasteiger charge is -2.10. The molecule has 2 aromatic rings. The van der Waals surface area contributed by atoms with Gasteiger partial charge in [0.2, 0.25) is 5.89 Å². The molecule has 21 heavy (non-hydrogen) atoms. The van der Waals surface area contributed by atoms with Gasteiger partial charge < -0.3 is 14.6 Å². The predicted molar refractivity (Wildman–Crippen MR) is 73.2 cm³/mol. The van der Waals surface area contributed by atoms with E-state index in [-0.39, 0.29) is 12.3 Å². The Hall–Kier alpha value is -2.18. The topological polar surface area (TPSA) is 60.2 Å². The Morgan fingerprint density at radius 3 is 2.76 bits per heavy atom. The molecule has 0 saturated carbocycles. The highest BCUT2D eigenvalue weighted by atomic mass is 19.3. The molecule has 0 unspecified atom stereocenters. The average molecular weight is 297 g/mol. The van der Waals surface area contributed by atoms with Crippen LogP contribution in [0.5, 0.6) is 5.75 Å². The molecule has 5 nitrogen and oxygen atoms in total. The zero-order valence-electron chi connectivity index (χ0n) is 11.8. The molecular weight excluding hydrogens is 280 g/mol.